The number of aryl methyl sites for hydroxylation is 2. The highest BCUT2D eigenvalue weighted by Crippen LogP contribution is 2.37. The molecule has 1 aromatic rings. The summed E-state index contributed by atoms with van der Waals surface area (Å²) in [5, 5.41) is 10.4. The van der Waals surface area contributed by atoms with Crippen molar-refractivity contribution < 1.29 is 0 Å². The molecule has 0 amide bonds. The minimum absolute atomic E-state index is 0.692. The number of hydrogen-bond donors (Lipinski definition) is 1. The smallest absolute Gasteiger partial charge is 0.0987 e. The van der Waals surface area contributed by atoms with E-state index in [0.717, 1.165) is 24.3 Å². The second kappa shape index (κ2) is 7.68. The summed E-state index contributed by atoms with van der Waals surface area (Å²) in [6.07, 6.45) is 5.51. The summed E-state index contributed by atoms with van der Waals surface area (Å²) in [5.41, 5.74) is 2.58. The van der Waals surface area contributed by atoms with Gasteiger partial charge >= 0.3 is 0 Å². The van der Waals surface area contributed by atoms with Crippen LogP contribution in [0.25, 0.3) is 0 Å². The van der Waals surface area contributed by atoms with E-state index in [1.165, 1.54) is 42.0 Å². The third kappa shape index (κ3) is 4.75. The Morgan fingerprint density at radius 3 is 2.81 bits per heavy atom. The summed E-state index contributed by atoms with van der Waals surface area (Å²) < 4.78 is 2.09. The van der Waals surface area contributed by atoms with E-state index >= 15 is 0 Å². The number of rotatable bonds is 6. The molecule has 3 nitrogen and oxygen atoms in total. The van der Waals surface area contributed by atoms with Crippen LogP contribution in [0.4, 0.5) is 0 Å². The molecule has 1 aliphatic rings. The lowest BCUT2D eigenvalue weighted by Gasteiger charge is -2.26. The van der Waals surface area contributed by atoms with Gasteiger partial charge in [-0.2, -0.15) is 5.10 Å². The number of nitrogens with one attached hydrogen (secondary N) is 1. The van der Waals surface area contributed by atoms with Crippen molar-refractivity contribution in [1.29, 1.82) is 0 Å². The molecule has 120 valence electrons. The van der Waals surface area contributed by atoms with Crippen molar-refractivity contribution in [2.24, 2.45) is 18.9 Å². The summed E-state index contributed by atoms with van der Waals surface area (Å²) in [4.78, 5) is 0. The second-order valence-electron chi connectivity index (χ2n) is 7.03. The molecule has 2 rings (SSSR count). The fourth-order valence-corrected chi connectivity index (χ4v) is 4.74. The summed E-state index contributed by atoms with van der Waals surface area (Å²) in [5.74, 6) is 1.57. The molecular formula is C17H31N3S. The third-order valence-corrected chi connectivity index (χ3v) is 5.81. The predicted molar refractivity (Wildman–Crippen MR) is 91.8 cm³/mol. The Hall–Kier alpha value is -0.480. The molecule has 4 heteroatoms. The van der Waals surface area contributed by atoms with E-state index in [9.17, 15) is 0 Å². The van der Waals surface area contributed by atoms with Crippen LogP contribution in [0, 0.1) is 18.8 Å². The van der Waals surface area contributed by atoms with Crippen molar-refractivity contribution in [3.63, 3.8) is 0 Å². The van der Waals surface area contributed by atoms with Gasteiger partial charge in [0, 0.05) is 24.4 Å². The van der Waals surface area contributed by atoms with Crippen molar-refractivity contribution >= 4 is 11.8 Å². The van der Waals surface area contributed by atoms with Gasteiger partial charge in [-0.1, -0.05) is 33.6 Å². The van der Waals surface area contributed by atoms with Crippen LogP contribution in [0.15, 0.2) is 5.03 Å². The van der Waals surface area contributed by atoms with Crippen molar-refractivity contribution in [3.05, 3.63) is 11.3 Å². The zero-order valence-electron chi connectivity index (χ0n) is 14.3. The Balaban J connectivity index is 2.03. The van der Waals surface area contributed by atoms with E-state index in [0.29, 0.717) is 5.92 Å². The van der Waals surface area contributed by atoms with Crippen LogP contribution in [0.1, 0.15) is 57.7 Å². The molecule has 2 unspecified atom stereocenters. The first-order valence-electron chi connectivity index (χ1n) is 8.37. The van der Waals surface area contributed by atoms with Crippen LogP contribution in [-0.2, 0) is 13.6 Å². The minimum Gasteiger partial charge on any atom is -0.312 e. The molecule has 1 saturated carbocycles. The number of hydrogen-bond acceptors (Lipinski definition) is 3. The van der Waals surface area contributed by atoms with Crippen molar-refractivity contribution in [2.75, 3.05) is 6.54 Å². The Labute approximate surface area is 134 Å². The molecule has 0 bridgehead atoms. The number of nitrogens with zero attached hydrogens (tertiary/aromatic N) is 2. The highest BCUT2D eigenvalue weighted by Gasteiger charge is 2.23. The average molecular weight is 310 g/mol. The Morgan fingerprint density at radius 1 is 1.38 bits per heavy atom. The van der Waals surface area contributed by atoms with E-state index < -0.39 is 0 Å². The van der Waals surface area contributed by atoms with Gasteiger partial charge in [0.2, 0.25) is 0 Å². The molecule has 1 aliphatic carbocycles. The molecule has 1 heterocycles. The molecule has 2 atom stereocenters. The monoisotopic (exact) mass is 309 g/mol. The molecule has 1 aromatic heterocycles. The topological polar surface area (TPSA) is 29.9 Å². The van der Waals surface area contributed by atoms with E-state index in [4.69, 9.17) is 0 Å². The largest absolute Gasteiger partial charge is 0.312 e. The molecule has 0 aromatic carbocycles. The molecule has 0 saturated heterocycles. The van der Waals surface area contributed by atoms with Gasteiger partial charge in [0.25, 0.3) is 0 Å². The van der Waals surface area contributed by atoms with Gasteiger partial charge in [-0.25, -0.2) is 0 Å². The maximum absolute atomic E-state index is 4.65. The Bertz CT molecular complexity index is 453. The Kier molecular flexibility index (Phi) is 6.18. The number of thioether (sulfide) groups is 1. The first kappa shape index (κ1) is 16.9. The molecule has 0 spiro atoms. The summed E-state index contributed by atoms with van der Waals surface area (Å²) in [6, 6.07) is 0. The maximum Gasteiger partial charge on any atom is 0.0987 e. The second-order valence-corrected chi connectivity index (χ2v) is 8.32. The molecule has 21 heavy (non-hydrogen) atoms. The minimum atomic E-state index is 0.692. The SMILES string of the molecule is Cc1nn(C)c(SC2CCCC(C)C2)c1CNCC(C)C. The average Bonchev–Trinajstić information content (AvgIpc) is 2.65. The van der Waals surface area contributed by atoms with E-state index in [2.05, 4.69) is 61.6 Å². The van der Waals surface area contributed by atoms with E-state index in [1.54, 1.807) is 0 Å². The van der Waals surface area contributed by atoms with Crippen molar-refractivity contribution in [2.45, 2.75) is 70.2 Å². The quantitative estimate of drug-likeness (QED) is 0.856. The predicted octanol–water partition coefficient (Wildman–Crippen LogP) is 4.14. The van der Waals surface area contributed by atoms with Gasteiger partial charge in [-0.3, -0.25) is 4.68 Å². The molecule has 1 N–H and O–H groups in total. The van der Waals surface area contributed by atoms with Gasteiger partial charge in [0.1, 0.15) is 0 Å². The standard InChI is InChI=1S/C17H31N3S/c1-12(2)10-18-11-16-14(4)19-20(5)17(16)21-15-8-6-7-13(3)9-15/h12-13,15,18H,6-11H2,1-5H3. The number of aromatic nitrogens is 2. The highest BCUT2D eigenvalue weighted by molar-refractivity contribution is 7.99. The normalized spacial score (nSPS) is 23.0. The van der Waals surface area contributed by atoms with Gasteiger partial charge in [-0.05, 0) is 38.1 Å². The lowest BCUT2D eigenvalue weighted by atomic mass is 9.91. The van der Waals surface area contributed by atoms with Crippen LogP contribution in [-0.4, -0.2) is 21.6 Å². The summed E-state index contributed by atoms with van der Waals surface area (Å²) in [7, 11) is 2.09. The maximum atomic E-state index is 4.65. The summed E-state index contributed by atoms with van der Waals surface area (Å²) in [6.45, 7) is 11.1. The van der Waals surface area contributed by atoms with Gasteiger partial charge < -0.3 is 5.32 Å². The van der Waals surface area contributed by atoms with Gasteiger partial charge in [-0.15, -0.1) is 11.8 Å². The van der Waals surface area contributed by atoms with Crippen LogP contribution in [0.3, 0.4) is 0 Å². The third-order valence-electron chi connectivity index (χ3n) is 4.31. The molecule has 0 radical (unpaired) electrons. The Morgan fingerprint density at radius 2 is 2.14 bits per heavy atom. The van der Waals surface area contributed by atoms with E-state index in [1.807, 2.05) is 0 Å². The fraction of sp³-hybridized carbons (Fsp3) is 0.824. The van der Waals surface area contributed by atoms with Crippen LogP contribution < -0.4 is 5.32 Å². The molecule has 1 fully saturated rings. The molecular weight excluding hydrogens is 278 g/mol. The van der Waals surface area contributed by atoms with E-state index in [-0.39, 0.29) is 0 Å². The summed E-state index contributed by atoms with van der Waals surface area (Å²) >= 11 is 2.06. The van der Waals surface area contributed by atoms with Gasteiger partial charge in [0.15, 0.2) is 0 Å². The van der Waals surface area contributed by atoms with Crippen molar-refractivity contribution in [1.82, 2.24) is 15.1 Å². The zero-order chi connectivity index (χ0) is 15.4. The first-order valence-corrected chi connectivity index (χ1v) is 9.25. The fourth-order valence-electron chi connectivity index (χ4n) is 3.16. The van der Waals surface area contributed by atoms with Crippen LogP contribution in [0.2, 0.25) is 0 Å². The zero-order valence-corrected chi connectivity index (χ0v) is 15.1. The lowest BCUT2D eigenvalue weighted by Crippen LogP contribution is -2.20. The van der Waals surface area contributed by atoms with Gasteiger partial charge in [0.05, 0.1) is 10.7 Å². The highest BCUT2D eigenvalue weighted by atomic mass is 32.2. The van der Waals surface area contributed by atoms with Crippen LogP contribution >= 0.6 is 11.8 Å². The van der Waals surface area contributed by atoms with Crippen LogP contribution in [0.5, 0.6) is 0 Å². The molecule has 0 aliphatic heterocycles. The van der Waals surface area contributed by atoms with Crippen molar-refractivity contribution in [3.8, 4) is 0 Å². The lowest BCUT2D eigenvalue weighted by molar-refractivity contribution is 0.393. The first-order chi connectivity index (χ1) is 9.97.